The quantitative estimate of drug-likeness (QED) is 0.481. The van der Waals surface area contributed by atoms with Gasteiger partial charge in [-0.3, -0.25) is 14.8 Å². The summed E-state index contributed by atoms with van der Waals surface area (Å²) in [4.78, 5) is 10.9. The lowest BCUT2D eigenvalue weighted by Gasteiger charge is -2.34. The standard InChI is InChI=1S/C23H35N5O2S/c1-18-7-8-21(30-18)19(28-11-13-29-14-12-28)16-25-23(24-2)26-17-20(22-6-5-15-31-22)27-9-3-4-10-27/h5-8,15,19-20H,3-4,9-14,16-17H2,1-2H3,(H2,24,25,26). The highest BCUT2D eigenvalue weighted by atomic mass is 32.1. The summed E-state index contributed by atoms with van der Waals surface area (Å²) in [5.74, 6) is 2.78. The maximum Gasteiger partial charge on any atom is 0.191 e. The van der Waals surface area contributed by atoms with Crippen LogP contribution < -0.4 is 10.6 Å². The van der Waals surface area contributed by atoms with Crippen LogP contribution in [0.3, 0.4) is 0 Å². The van der Waals surface area contributed by atoms with Crippen LogP contribution in [0.4, 0.5) is 0 Å². The summed E-state index contributed by atoms with van der Waals surface area (Å²) in [6.07, 6.45) is 2.58. The van der Waals surface area contributed by atoms with Gasteiger partial charge in [-0.25, -0.2) is 0 Å². The minimum Gasteiger partial charge on any atom is -0.465 e. The summed E-state index contributed by atoms with van der Waals surface area (Å²) < 4.78 is 11.5. The third-order valence-corrected chi connectivity index (χ3v) is 7.15. The second-order valence-electron chi connectivity index (χ2n) is 8.22. The Morgan fingerprint density at radius 3 is 2.35 bits per heavy atom. The number of nitrogens with zero attached hydrogens (tertiary/aromatic N) is 3. The Morgan fingerprint density at radius 2 is 1.74 bits per heavy atom. The van der Waals surface area contributed by atoms with E-state index < -0.39 is 0 Å². The van der Waals surface area contributed by atoms with Crippen LogP contribution in [0.1, 0.15) is 41.3 Å². The lowest BCUT2D eigenvalue weighted by atomic mass is 10.1. The number of likely N-dealkylation sites (tertiary alicyclic amines) is 1. The fourth-order valence-corrected chi connectivity index (χ4v) is 5.34. The number of furan rings is 1. The number of hydrogen-bond acceptors (Lipinski definition) is 6. The van der Waals surface area contributed by atoms with Gasteiger partial charge in [-0.1, -0.05) is 6.07 Å². The lowest BCUT2D eigenvalue weighted by molar-refractivity contribution is 0.0124. The molecule has 0 amide bonds. The number of aliphatic imine (C=N–C) groups is 1. The highest BCUT2D eigenvalue weighted by Crippen LogP contribution is 2.28. The Morgan fingerprint density at radius 1 is 1.03 bits per heavy atom. The van der Waals surface area contributed by atoms with E-state index in [1.165, 1.54) is 30.8 Å². The van der Waals surface area contributed by atoms with Gasteiger partial charge in [0, 0.05) is 38.1 Å². The third kappa shape index (κ3) is 5.88. The number of guanidine groups is 1. The normalized spacial score (nSPS) is 20.6. The lowest BCUT2D eigenvalue weighted by Crippen LogP contribution is -2.47. The molecule has 0 radical (unpaired) electrons. The molecule has 7 nitrogen and oxygen atoms in total. The van der Waals surface area contributed by atoms with Gasteiger partial charge in [-0.2, -0.15) is 0 Å². The maximum atomic E-state index is 5.99. The van der Waals surface area contributed by atoms with Crippen molar-refractivity contribution in [2.75, 3.05) is 59.5 Å². The molecule has 4 heterocycles. The molecule has 0 bridgehead atoms. The maximum absolute atomic E-state index is 5.99. The van der Waals surface area contributed by atoms with Gasteiger partial charge in [0.2, 0.25) is 0 Å². The van der Waals surface area contributed by atoms with Crippen molar-refractivity contribution < 1.29 is 9.15 Å². The van der Waals surface area contributed by atoms with Crippen LogP contribution in [0.5, 0.6) is 0 Å². The monoisotopic (exact) mass is 445 g/mol. The molecule has 170 valence electrons. The highest BCUT2D eigenvalue weighted by Gasteiger charge is 2.27. The van der Waals surface area contributed by atoms with E-state index >= 15 is 0 Å². The molecule has 2 aliphatic rings. The molecule has 0 aliphatic carbocycles. The zero-order chi connectivity index (χ0) is 21.5. The van der Waals surface area contributed by atoms with Crippen LogP contribution in [0.25, 0.3) is 0 Å². The predicted molar refractivity (Wildman–Crippen MR) is 126 cm³/mol. The molecular weight excluding hydrogens is 410 g/mol. The van der Waals surface area contributed by atoms with Crippen LogP contribution in [0, 0.1) is 6.92 Å². The molecule has 2 aromatic heterocycles. The smallest absolute Gasteiger partial charge is 0.191 e. The molecule has 2 N–H and O–H groups in total. The largest absolute Gasteiger partial charge is 0.465 e. The number of aryl methyl sites for hydroxylation is 1. The fourth-order valence-electron chi connectivity index (χ4n) is 4.48. The molecule has 31 heavy (non-hydrogen) atoms. The van der Waals surface area contributed by atoms with Gasteiger partial charge in [-0.15, -0.1) is 11.3 Å². The Hall–Kier alpha value is -1.87. The van der Waals surface area contributed by atoms with Crippen LogP contribution in [-0.2, 0) is 4.74 Å². The molecule has 0 aromatic carbocycles. The number of rotatable bonds is 8. The zero-order valence-electron chi connectivity index (χ0n) is 18.7. The van der Waals surface area contributed by atoms with E-state index in [1.807, 2.05) is 31.4 Å². The SMILES string of the molecule is CN=C(NCC(c1ccc(C)o1)N1CCOCC1)NCC(c1cccs1)N1CCCC1. The van der Waals surface area contributed by atoms with Gasteiger partial charge in [-0.05, 0) is 56.4 Å². The molecular formula is C23H35N5O2S. The molecule has 2 aliphatic heterocycles. The van der Waals surface area contributed by atoms with E-state index in [1.54, 1.807) is 0 Å². The Bertz CT molecular complexity index is 810. The van der Waals surface area contributed by atoms with Crippen LogP contribution >= 0.6 is 11.3 Å². The van der Waals surface area contributed by atoms with Gasteiger partial charge in [0.1, 0.15) is 11.5 Å². The average Bonchev–Trinajstić information content (AvgIpc) is 3.57. The highest BCUT2D eigenvalue weighted by molar-refractivity contribution is 7.10. The topological polar surface area (TPSA) is 65.3 Å². The number of ether oxygens (including phenoxy) is 1. The van der Waals surface area contributed by atoms with E-state index in [0.717, 1.165) is 56.9 Å². The van der Waals surface area contributed by atoms with Crippen molar-refractivity contribution in [1.82, 2.24) is 20.4 Å². The molecule has 2 atom stereocenters. The number of morpholine rings is 1. The van der Waals surface area contributed by atoms with Crippen LogP contribution in [-0.4, -0.2) is 75.3 Å². The molecule has 2 unspecified atom stereocenters. The van der Waals surface area contributed by atoms with E-state index in [-0.39, 0.29) is 6.04 Å². The summed E-state index contributed by atoms with van der Waals surface area (Å²) in [7, 11) is 1.84. The van der Waals surface area contributed by atoms with Crippen molar-refractivity contribution in [2.45, 2.75) is 31.8 Å². The van der Waals surface area contributed by atoms with Gasteiger partial charge < -0.3 is 19.8 Å². The summed E-state index contributed by atoms with van der Waals surface area (Å²) in [5.41, 5.74) is 0. The van der Waals surface area contributed by atoms with Gasteiger partial charge in [0.25, 0.3) is 0 Å². The van der Waals surface area contributed by atoms with E-state index in [2.05, 4.69) is 49.0 Å². The summed E-state index contributed by atoms with van der Waals surface area (Å²) in [6.45, 7) is 9.28. The molecule has 4 rings (SSSR count). The number of nitrogens with one attached hydrogen (secondary N) is 2. The first-order valence-corrected chi connectivity index (χ1v) is 12.2. The Kier molecular flexibility index (Phi) is 8.02. The fraction of sp³-hybridized carbons (Fsp3) is 0.609. The van der Waals surface area contributed by atoms with Crippen molar-refractivity contribution in [2.24, 2.45) is 4.99 Å². The van der Waals surface area contributed by atoms with Crippen LogP contribution in [0.2, 0.25) is 0 Å². The molecule has 8 heteroatoms. The Balaban J connectivity index is 1.37. The first-order valence-electron chi connectivity index (χ1n) is 11.3. The van der Waals surface area contributed by atoms with Crippen molar-refractivity contribution in [1.29, 1.82) is 0 Å². The van der Waals surface area contributed by atoms with Crippen LogP contribution in [0.15, 0.2) is 39.1 Å². The van der Waals surface area contributed by atoms with Crippen molar-refractivity contribution in [3.63, 3.8) is 0 Å². The zero-order valence-corrected chi connectivity index (χ0v) is 19.5. The third-order valence-electron chi connectivity index (χ3n) is 6.18. The Labute approximate surface area is 189 Å². The average molecular weight is 446 g/mol. The molecule has 2 saturated heterocycles. The second kappa shape index (κ2) is 11.1. The number of thiophene rings is 1. The first-order chi connectivity index (χ1) is 15.2. The van der Waals surface area contributed by atoms with Gasteiger partial charge >= 0.3 is 0 Å². The minimum absolute atomic E-state index is 0.155. The van der Waals surface area contributed by atoms with Gasteiger partial charge in [0.15, 0.2) is 5.96 Å². The van der Waals surface area contributed by atoms with Crippen molar-refractivity contribution in [3.8, 4) is 0 Å². The predicted octanol–water partition coefficient (Wildman–Crippen LogP) is 3.02. The van der Waals surface area contributed by atoms with E-state index in [9.17, 15) is 0 Å². The van der Waals surface area contributed by atoms with E-state index in [4.69, 9.17) is 9.15 Å². The van der Waals surface area contributed by atoms with Crippen molar-refractivity contribution >= 4 is 17.3 Å². The first kappa shape index (κ1) is 22.3. The second-order valence-corrected chi connectivity index (χ2v) is 9.20. The summed E-state index contributed by atoms with van der Waals surface area (Å²) in [6, 6.07) is 9.07. The van der Waals surface area contributed by atoms with Gasteiger partial charge in [0.05, 0.1) is 25.3 Å². The minimum atomic E-state index is 0.155. The number of hydrogen-bond donors (Lipinski definition) is 2. The van der Waals surface area contributed by atoms with E-state index in [0.29, 0.717) is 6.04 Å². The summed E-state index contributed by atoms with van der Waals surface area (Å²) in [5, 5.41) is 9.30. The summed E-state index contributed by atoms with van der Waals surface area (Å²) >= 11 is 1.84. The molecule has 2 fully saturated rings. The van der Waals surface area contributed by atoms with Crippen molar-refractivity contribution in [3.05, 3.63) is 46.0 Å². The molecule has 0 spiro atoms. The molecule has 2 aromatic rings. The molecule has 0 saturated carbocycles.